The lowest BCUT2D eigenvalue weighted by Gasteiger charge is -2.11. The molecule has 2 rings (SSSR count). The number of carbonyl (C=O) groups is 1. The van der Waals surface area contributed by atoms with Gasteiger partial charge in [0.1, 0.15) is 5.75 Å². The molecule has 0 aliphatic carbocycles. The second-order valence-corrected chi connectivity index (χ2v) is 4.96. The van der Waals surface area contributed by atoms with Crippen LogP contribution in [0.3, 0.4) is 0 Å². The van der Waals surface area contributed by atoms with Gasteiger partial charge < -0.3 is 4.74 Å². The Morgan fingerprint density at radius 3 is 2.00 bits per heavy atom. The van der Waals surface area contributed by atoms with Gasteiger partial charge in [0.05, 0.1) is 17.3 Å². The first-order chi connectivity index (χ1) is 10.7. The highest BCUT2D eigenvalue weighted by molar-refractivity contribution is 5.75. The van der Waals surface area contributed by atoms with Crippen LogP contribution in [0.15, 0.2) is 64.8 Å². The summed E-state index contributed by atoms with van der Waals surface area (Å²) in [5.74, 6) is 0.316. The fourth-order valence-electron chi connectivity index (χ4n) is 2.01. The molecule has 0 saturated heterocycles. The SMILES string of the molecule is CCC(CC)C(=O)Oc1ccc(N=Nc2ccccc2)cc1. The van der Waals surface area contributed by atoms with Crippen molar-refractivity contribution in [3.05, 3.63) is 54.6 Å². The van der Waals surface area contributed by atoms with Crippen molar-refractivity contribution in [1.29, 1.82) is 0 Å². The van der Waals surface area contributed by atoms with Crippen LogP contribution in [-0.2, 0) is 4.79 Å². The van der Waals surface area contributed by atoms with Crippen LogP contribution < -0.4 is 4.74 Å². The number of ether oxygens (including phenoxy) is 1. The zero-order valence-corrected chi connectivity index (χ0v) is 12.9. The van der Waals surface area contributed by atoms with Gasteiger partial charge in [-0.25, -0.2) is 0 Å². The molecule has 0 fully saturated rings. The second-order valence-electron chi connectivity index (χ2n) is 4.96. The molecule has 0 N–H and O–H groups in total. The van der Waals surface area contributed by atoms with E-state index in [2.05, 4.69) is 10.2 Å². The van der Waals surface area contributed by atoms with E-state index in [0.29, 0.717) is 11.4 Å². The van der Waals surface area contributed by atoms with Crippen LogP contribution in [0, 0.1) is 5.92 Å². The van der Waals surface area contributed by atoms with Crippen LogP contribution in [0.4, 0.5) is 11.4 Å². The number of hydrogen-bond donors (Lipinski definition) is 0. The molecular formula is C18H20N2O2. The van der Waals surface area contributed by atoms with E-state index in [1.54, 1.807) is 24.3 Å². The average Bonchev–Trinajstić information content (AvgIpc) is 2.56. The number of carbonyl (C=O) groups excluding carboxylic acids is 1. The van der Waals surface area contributed by atoms with Gasteiger partial charge in [0.2, 0.25) is 0 Å². The van der Waals surface area contributed by atoms with Gasteiger partial charge in [0.25, 0.3) is 0 Å². The van der Waals surface area contributed by atoms with E-state index >= 15 is 0 Å². The number of hydrogen-bond acceptors (Lipinski definition) is 4. The van der Waals surface area contributed by atoms with Crippen molar-refractivity contribution >= 4 is 17.3 Å². The predicted octanol–water partition coefficient (Wildman–Crippen LogP) is 5.44. The first-order valence-corrected chi connectivity index (χ1v) is 7.51. The minimum atomic E-state index is -0.177. The normalized spacial score (nSPS) is 11.0. The zero-order chi connectivity index (χ0) is 15.8. The smallest absolute Gasteiger partial charge is 0.314 e. The van der Waals surface area contributed by atoms with Crippen LogP contribution >= 0.6 is 0 Å². The summed E-state index contributed by atoms with van der Waals surface area (Å²) in [6.07, 6.45) is 1.58. The molecule has 4 heteroatoms. The third-order valence-electron chi connectivity index (χ3n) is 3.41. The van der Waals surface area contributed by atoms with Crippen molar-refractivity contribution in [1.82, 2.24) is 0 Å². The molecule has 0 aliphatic heterocycles. The number of esters is 1. The Labute approximate surface area is 130 Å². The van der Waals surface area contributed by atoms with Gasteiger partial charge in [-0.15, -0.1) is 0 Å². The summed E-state index contributed by atoms with van der Waals surface area (Å²) in [7, 11) is 0. The van der Waals surface area contributed by atoms with Crippen molar-refractivity contribution in [2.24, 2.45) is 16.1 Å². The van der Waals surface area contributed by atoms with E-state index in [9.17, 15) is 4.79 Å². The van der Waals surface area contributed by atoms with Gasteiger partial charge in [0, 0.05) is 0 Å². The molecule has 4 nitrogen and oxygen atoms in total. The minimum absolute atomic E-state index is 0.0440. The molecule has 0 atom stereocenters. The largest absolute Gasteiger partial charge is 0.426 e. The molecular weight excluding hydrogens is 276 g/mol. The number of nitrogens with zero attached hydrogens (tertiary/aromatic N) is 2. The Kier molecular flexibility index (Phi) is 5.83. The molecule has 0 amide bonds. The minimum Gasteiger partial charge on any atom is -0.426 e. The predicted molar refractivity (Wildman–Crippen MR) is 86.8 cm³/mol. The molecule has 0 spiro atoms. The fraction of sp³-hybridized carbons (Fsp3) is 0.278. The highest BCUT2D eigenvalue weighted by Gasteiger charge is 2.16. The van der Waals surface area contributed by atoms with Crippen molar-refractivity contribution in [2.45, 2.75) is 26.7 Å². The summed E-state index contributed by atoms with van der Waals surface area (Å²) in [6.45, 7) is 3.98. The topological polar surface area (TPSA) is 51.0 Å². The molecule has 22 heavy (non-hydrogen) atoms. The standard InChI is InChI=1S/C18H20N2O2/c1-3-14(4-2)18(21)22-17-12-10-16(11-13-17)20-19-15-8-6-5-7-9-15/h5-14H,3-4H2,1-2H3. The molecule has 0 bridgehead atoms. The molecule has 114 valence electrons. The first kappa shape index (κ1) is 15.9. The Morgan fingerprint density at radius 1 is 0.909 bits per heavy atom. The third-order valence-corrected chi connectivity index (χ3v) is 3.41. The molecule has 0 unspecified atom stereocenters. The van der Waals surface area contributed by atoms with Crippen LogP contribution in [-0.4, -0.2) is 5.97 Å². The molecule has 0 radical (unpaired) electrons. The van der Waals surface area contributed by atoms with Gasteiger partial charge in [-0.2, -0.15) is 10.2 Å². The van der Waals surface area contributed by atoms with Crippen LogP contribution in [0.5, 0.6) is 5.75 Å². The summed E-state index contributed by atoms with van der Waals surface area (Å²) in [5, 5.41) is 8.29. The Balaban J connectivity index is 1.98. The van der Waals surface area contributed by atoms with Crippen molar-refractivity contribution in [2.75, 3.05) is 0 Å². The first-order valence-electron chi connectivity index (χ1n) is 7.51. The van der Waals surface area contributed by atoms with Gasteiger partial charge in [-0.05, 0) is 49.2 Å². The van der Waals surface area contributed by atoms with E-state index < -0.39 is 0 Å². The molecule has 2 aromatic carbocycles. The lowest BCUT2D eigenvalue weighted by atomic mass is 10.0. The summed E-state index contributed by atoms with van der Waals surface area (Å²) < 4.78 is 5.36. The highest BCUT2D eigenvalue weighted by Crippen LogP contribution is 2.22. The molecule has 0 aliphatic rings. The summed E-state index contributed by atoms with van der Waals surface area (Å²) in [5.41, 5.74) is 1.51. The quantitative estimate of drug-likeness (QED) is 0.404. The van der Waals surface area contributed by atoms with Gasteiger partial charge in [-0.1, -0.05) is 32.0 Å². The molecule has 2 aromatic rings. The summed E-state index contributed by atoms with van der Waals surface area (Å²) in [4.78, 5) is 11.9. The molecule has 0 aromatic heterocycles. The maximum absolute atomic E-state index is 11.9. The van der Waals surface area contributed by atoms with E-state index in [0.717, 1.165) is 18.5 Å². The third kappa shape index (κ3) is 4.52. The number of benzene rings is 2. The van der Waals surface area contributed by atoms with Crippen molar-refractivity contribution < 1.29 is 9.53 Å². The monoisotopic (exact) mass is 296 g/mol. The summed E-state index contributed by atoms with van der Waals surface area (Å²) >= 11 is 0. The van der Waals surface area contributed by atoms with E-state index in [1.807, 2.05) is 44.2 Å². The Morgan fingerprint density at radius 2 is 1.45 bits per heavy atom. The van der Waals surface area contributed by atoms with Crippen LogP contribution in [0.25, 0.3) is 0 Å². The molecule has 0 heterocycles. The van der Waals surface area contributed by atoms with Gasteiger partial charge >= 0.3 is 5.97 Å². The van der Waals surface area contributed by atoms with Gasteiger partial charge in [-0.3, -0.25) is 4.79 Å². The number of rotatable bonds is 6. The number of azo groups is 1. The van der Waals surface area contributed by atoms with E-state index in [1.165, 1.54) is 0 Å². The lowest BCUT2D eigenvalue weighted by molar-refractivity contribution is -0.139. The zero-order valence-electron chi connectivity index (χ0n) is 12.9. The Bertz CT molecular complexity index is 617. The second kappa shape index (κ2) is 8.08. The summed E-state index contributed by atoms with van der Waals surface area (Å²) in [6, 6.07) is 16.6. The average molecular weight is 296 g/mol. The lowest BCUT2D eigenvalue weighted by Crippen LogP contribution is -2.19. The van der Waals surface area contributed by atoms with Crippen molar-refractivity contribution in [3.8, 4) is 5.75 Å². The van der Waals surface area contributed by atoms with Crippen LogP contribution in [0.1, 0.15) is 26.7 Å². The van der Waals surface area contributed by atoms with E-state index in [4.69, 9.17) is 4.74 Å². The van der Waals surface area contributed by atoms with E-state index in [-0.39, 0.29) is 11.9 Å². The maximum atomic E-state index is 11.9. The van der Waals surface area contributed by atoms with Crippen LogP contribution in [0.2, 0.25) is 0 Å². The molecule has 0 saturated carbocycles. The van der Waals surface area contributed by atoms with Gasteiger partial charge in [0.15, 0.2) is 0 Å². The highest BCUT2D eigenvalue weighted by atomic mass is 16.5. The maximum Gasteiger partial charge on any atom is 0.314 e. The fourth-order valence-corrected chi connectivity index (χ4v) is 2.01. The van der Waals surface area contributed by atoms with Crippen molar-refractivity contribution in [3.63, 3.8) is 0 Å². The Hall–Kier alpha value is -2.49.